The second-order valence-corrected chi connectivity index (χ2v) is 11.8. The SMILES string of the molecule is CC(=O)N[C@@H]1[C@@H](O[C@@H]2O[C@H](CO)[C@H](O)[C@H](O)[C@H]2O[C@@H]2O[C@@H](C)[C@@H](O)[C@@H](O)[C@@H]2O)[C@H](O[C@@H]2O[C@@H](C)[C@@H](O)[C@@H](O)[C@@H]2O)[C@@H](CO)O[C@@H]1O. The van der Waals surface area contributed by atoms with Crippen molar-refractivity contribution in [3.8, 4) is 0 Å². The fourth-order valence-electron chi connectivity index (χ4n) is 5.81. The van der Waals surface area contributed by atoms with Gasteiger partial charge in [0, 0.05) is 6.92 Å². The highest BCUT2D eigenvalue weighted by molar-refractivity contribution is 5.73. The zero-order valence-corrected chi connectivity index (χ0v) is 25.1. The number of carbonyl (C=O) groups excluding carboxylic acids is 1. The smallest absolute Gasteiger partial charge is 0.217 e. The van der Waals surface area contributed by atoms with Crippen LogP contribution in [0.4, 0.5) is 0 Å². The monoisotopic (exact) mass is 675 g/mol. The molecule has 1 amide bonds. The van der Waals surface area contributed by atoms with E-state index in [0.717, 1.165) is 6.92 Å². The van der Waals surface area contributed by atoms with Gasteiger partial charge in [-0.1, -0.05) is 0 Å². The van der Waals surface area contributed by atoms with Crippen LogP contribution in [-0.4, -0.2) is 198 Å². The van der Waals surface area contributed by atoms with E-state index in [-0.39, 0.29) is 0 Å². The summed E-state index contributed by atoms with van der Waals surface area (Å²) in [6.45, 7) is 2.15. The fraction of sp³-hybridized carbons (Fsp3) is 0.962. The van der Waals surface area contributed by atoms with Crippen molar-refractivity contribution < 1.29 is 94.1 Å². The first-order valence-electron chi connectivity index (χ1n) is 14.8. The van der Waals surface area contributed by atoms with Crippen LogP contribution < -0.4 is 5.32 Å². The summed E-state index contributed by atoms with van der Waals surface area (Å²) >= 11 is 0. The third kappa shape index (κ3) is 7.64. The Morgan fingerprint density at radius 2 is 1.04 bits per heavy atom. The Bertz CT molecular complexity index is 997. The lowest BCUT2D eigenvalue weighted by molar-refractivity contribution is -0.390. The van der Waals surface area contributed by atoms with Gasteiger partial charge in [-0.2, -0.15) is 0 Å². The molecule has 12 N–H and O–H groups in total. The lowest BCUT2D eigenvalue weighted by atomic mass is 9.94. The summed E-state index contributed by atoms with van der Waals surface area (Å²) in [5.74, 6) is -0.704. The Hall–Kier alpha value is -1.25. The van der Waals surface area contributed by atoms with Gasteiger partial charge in [0.2, 0.25) is 5.91 Å². The van der Waals surface area contributed by atoms with E-state index in [0.29, 0.717) is 0 Å². The summed E-state index contributed by atoms with van der Waals surface area (Å²) in [7, 11) is 0. The van der Waals surface area contributed by atoms with Crippen molar-refractivity contribution in [1.82, 2.24) is 5.32 Å². The Balaban J connectivity index is 1.69. The fourth-order valence-corrected chi connectivity index (χ4v) is 5.81. The van der Waals surface area contributed by atoms with Crippen LogP contribution in [0.25, 0.3) is 0 Å². The first kappa shape index (κ1) is 37.6. The van der Waals surface area contributed by atoms with Crippen molar-refractivity contribution >= 4 is 5.91 Å². The maximum absolute atomic E-state index is 12.2. The minimum atomic E-state index is -1.93. The number of amides is 1. The topological polar surface area (TPSA) is 316 Å². The van der Waals surface area contributed by atoms with E-state index < -0.39 is 142 Å². The average molecular weight is 676 g/mol. The number of nitrogens with one attached hydrogen (secondary N) is 1. The molecule has 20 nitrogen and oxygen atoms in total. The Morgan fingerprint density at radius 3 is 1.52 bits per heavy atom. The predicted octanol–water partition coefficient (Wildman–Crippen LogP) is -7.55. The van der Waals surface area contributed by atoms with Gasteiger partial charge in [-0.15, -0.1) is 0 Å². The number of aliphatic hydroxyl groups excluding tert-OH is 11. The van der Waals surface area contributed by atoms with Gasteiger partial charge in [0.25, 0.3) is 0 Å². The predicted molar refractivity (Wildman–Crippen MR) is 143 cm³/mol. The second-order valence-electron chi connectivity index (χ2n) is 11.8. The van der Waals surface area contributed by atoms with Crippen molar-refractivity contribution in [3.05, 3.63) is 0 Å². The van der Waals surface area contributed by atoms with Gasteiger partial charge in [0.05, 0.1) is 25.4 Å². The molecule has 268 valence electrons. The number of ether oxygens (including phenoxy) is 7. The van der Waals surface area contributed by atoms with E-state index in [1.165, 1.54) is 13.8 Å². The molecule has 0 aromatic rings. The quantitative estimate of drug-likeness (QED) is 0.108. The molecule has 4 saturated heterocycles. The Morgan fingerprint density at radius 1 is 0.565 bits per heavy atom. The van der Waals surface area contributed by atoms with Crippen LogP contribution in [0.1, 0.15) is 20.8 Å². The van der Waals surface area contributed by atoms with Crippen LogP contribution in [-0.2, 0) is 38.0 Å². The molecular weight excluding hydrogens is 630 g/mol. The molecule has 46 heavy (non-hydrogen) atoms. The highest BCUT2D eigenvalue weighted by atomic mass is 16.8. The highest BCUT2D eigenvalue weighted by Gasteiger charge is 2.56. The van der Waals surface area contributed by atoms with Gasteiger partial charge >= 0.3 is 0 Å². The van der Waals surface area contributed by atoms with Crippen LogP contribution in [0.3, 0.4) is 0 Å². The van der Waals surface area contributed by atoms with Crippen LogP contribution in [0.2, 0.25) is 0 Å². The highest BCUT2D eigenvalue weighted by Crippen LogP contribution is 2.35. The van der Waals surface area contributed by atoms with Crippen LogP contribution in [0, 0.1) is 0 Å². The molecule has 20 atom stereocenters. The molecule has 4 aliphatic rings. The van der Waals surface area contributed by atoms with Crippen LogP contribution in [0.15, 0.2) is 0 Å². The Kier molecular flexibility index (Phi) is 12.7. The summed E-state index contributed by atoms with van der Waals surface area (Å²) in [6, 6.07) is -1.53. The Labute approximate surface area is 262 Å². The number of aliphatic hydroxyl groups is 11. The molecule has 0 saturated carbocycles. The van der Waals surface area contributed by atoms with Crippen molar-refractivity contribution in [2.75, 3.05) is 13.2 Å². The maximum Gasteiger partial charge on any atom is 0.217 e. The summed E-state index contributed by atoms with van der Waals surface area (Å²) < 4.78 is 39.8. The second kappa shape index (κ2) is 15.5. The summed E-state index contributed by atoms with van der Waals surface area (Å²) in [4.78, 5) is 12.2. The van der Waals surface area contributed by atoms with Gasteiger partial charge in [0.1, 0.15) is 85.4 Å². The first-order valence-corrected chi connectivity index (χ1v) is 14.8. The van der Waals surface area contributed by atoms with Crippen molar-refractivity contribution in [3.63, 3.8) is 0 Å². The van der Waals surface area contributed by atoms with E-state index >= 15 is 0 Å². The molecule has 4 fully saturated rings. The zero-order chi connectivity index (χ0) is 34.2. The third-order valence-electron chi connectivity index (χ3n) is 8.53. The van der Waals surface area contributed by atoms with Gasteiger partial charge in [-0.3, -0.25) is 4.79 Å². The standard InChI is InChI=1S/C26H45NO19/c1-6-12(31)15(34)18(37)24(40-6)44-20-10(5-29)42-23(39)11(27-8(3)30)21(20)45-26-22(17(36)14(33)9(4-28)43-26)46-25-19(38)16(35)13(32)7(2)41-25/h6-7,9-26,28-29,31-39H,4-5H2,1-3H3,(H,27,30)/t6-,7-,9+,10+,11+,12+,13+,14-,15+,16+,17-,18-,19-,20+,21+,22+,23-,24-,25-,26-/m0/s1. The molecule has 4 rings (SSSR count). The third-order valence-corrected chi connectivity index (χ3v) is 8.53. The number of carbonyl (C=O) groups is 1. The zero-order valence-electron chi connectivity index (χ0n) is 25.1. The van der Waals surface area contributed by atoms with E-state index in [2.05, 4.69) is 5.32 Å². The summed E-state index contributed by atoms with van der Waals surface area (Å²) in [5.41, 5.74) is 0. The van der Waals surface area contributed by atoms with Crippen molar-refractivity contribution in [2.24, 2.45) is 0 Å². The molecule has 0 spiro atoms. The molecular formula is C26H45NO19. The van der Waals surface area contributed by atoms with Gasteiger partial charge in [-0.05, 0) is 13.8 Å². The van der Waals surface area contributed by atoms with Crippen LogP contribution >= 0.6 is 0 Å². The molecule has 0 unspecified atom stereocenters. The molecule has 0 aromatic heterocycles. The molecule has 20 heteroatoms. The van der Waals surface area contributed by atoms with Crippen molar-refractivity contribution in [1.29, 1.82) is 0 Å². The van der Waals surface area contributed by atoms with E-state index in [1.807, 2.05) is 0 Å². The van der Waals surface area contributed by atoms with Gasteiger partial charge in [-0.25, -0.2) is 0 Å². The number of hydrogen-bond donors (Lipinski definition) is 12. The van der Waals surface area contributed by atoms with E-state index in [4.69, 9.17) is 33.2 Å². The maximum atomic E-state index is 12.2. The summed E-state index contributed by atoms with van der Waals surface area (Å²) in [6.07, 6.45) is -31.2. The largest absolute Gasteiger partial charge is 0.394 e. The summed E-state index contributed by atoms with van der Waals surface area (Å²) in [5, 5.41) is 117. The molecule has 0 bridgehead atoms. The van der Waals surface area contributed by atoms with Gasteiger partial charge in [0.15, 0.2) is 25.2 Å². The number of rotatable bonds is 9. The van der Waals surface area contributed by atoms with Crippen molar-refractivity contribution in [2.45, 2.75) is 144 Å². The van der Waals surface area contributed by atoms with E-state index in [1.54, 1.807) is 0 Å². The average Bonchev–Trinajstić information content (AvgIpc) is 3.01. The number of hydrogen-bond acceptors (Lipinski definition) is 19. The first-order chi connectivity index (χ1) is 21.6. The van der Waals surface area contributed by atoms with Crippen LogP contribution in [0.5, 0.6) is 0 Å². The molecule has 0 aliphatic carbocycles. The van der Waals surface area contributed by atoms with Gasteiger partial charge < -0.3 is 94.6 Å². The lowest BCUT2D eigenvalue weighted by Crippen LogP contribution is -2.70. The molecule has 4 aliphatic heterocycles. The minimum absolute atomic E-state index is 0.704. The lowest BCUT2D eigenvalue weighted by Gasteiger charge is -2.50. The minimum Gasteiger partial charge on any atom is -0.394 e. The van der Waals surface area contributed by atoms with E-state index in [9.17, 15) is 61.0 Å². The molecule has 0 radical (unpaired) electrons. The normalized spacial score (nSPS) is 51.9. The molecule has 4 heterocycles. The molecule has 0 aromatic carbocycles.